The van der Waals surface area contributed by atoms with Gasteiger partial charge in [0.25, 0.3) is 0 Å². The summed E-state index contributed by atoms with van der Waals surface area (Å²) in [5, 5.41) is 10.3. The molecule has 0 aromatic carbocycles. The van der Waals surface area contributed by atoms with Crippen LogP contribution in [0.4, 0.5) is 13.2 Å². The Labute approximate surface area is 94.9 Å². The van der Waals surface area contributed by atoms with Gasteiger partial charge in [-0.05, 0) is 25.3 Å². The maximum atomic E-state index is 11.0. The molecule has 2 aliphatic rings. The van der Waals surface area contributed by atoms with E-state index >= 15 is 0 Å². The molecule has 2 atom stereocenters. The van der Waals surface area contributed by atoms with Gasteiger partial charge in [0.15, 0.2) is 0 Å². The largest absolute Gasteiger partial charge is 0.490 e. The number of hydrogen-bond donors (Lipinski definition) is 2. The van der Waals surface area contributed by atoms with Crippen molar-refractivity contribution in [2.45, 2.75) is 25.1 Å². The van der Waals surface area contributed by atoms with E-state index in [0.717, 1.165) is 19.4 Å². The summed E-state index contributed by atoms with van der Waals surface area (Å²) in [5.41, 5.74) is 0. The first kappa shape index (κ1) is 13.8. The van der Waals surface area contributed by atoms with Gasteiger partial charge in [0, 0.05) is 0 Å². The van der Waals surface area contributed by atoms with Crippen molar-refractivity contribution in [1.82, 2.24) is 5.32 Å². The first-order chi connectivity index (χ1) is 7.82. The predicted molar refractivity (Wildman–Crippen MR) is 49.2 cm³/mol. The lowest BCUT2D eigenvalue weighted by Crippen LogP contribution is -2.41. The summed E-state index contributed by atoms with van der Waals surface area (Å²) in [5.74, 6) is -2.25. The number of ether oxygens (including phenoxy) is 1. The first-order valence-corrected chi connectivity index (χ1v) is 5.02. The molecule has 8 heteroatoms. The maximum Gasteiger partial charge on any atom is 0.490 e. The number of cyclic esters (lactones) is 1. The van der Waals surface area contributed by atoms with Crippen molar-refractivity contribution in [2.75, 3.05) is 13.2 Å². The highest BCUT2D eigenvalue weighted by Gasteiger charge is 2.38. The molecule has 0 amide bonds. The number of carboxylic acids is 1. The maximum absolute atomic E-state index is 11.0. The number of carbonyl (C=O) groups excluding carboxylic acids is 1. The van der Waals surface area contributed by atoms with Gasteiger partial charge < -0.3 is 15.2 Å². The Bertz CT molecular complexity index is 305. The van der Waals surface area contributed by atoms with Crippen LogP contribution in [-0.2, 0) is 14.3 Å². The van der Waals surface area contributed by atoms with Gasteiger partial charge in [0.2, 0.25) is 0 Å². The zero-order valence-corrected chi connectivity index (χ0v) is 8.79. The molecule has 17 heavy (non-hydrogen) atoms. The van der Waals surface area contributed by atoms with Gasteiger partial charge in [-0.3, -0.25) is 4.79 Å². The highest BCUT2D eigenvalue weighted by atomic mass is 19.4. The zero-order chi connectivity index (χ0) is 13.1. The zero-order valence-electron chi connectivity index (χ0n) is 8.79. The number of halogens is 3. The van der Waals surface area contributed by atoms with Gasteiger partial charge in [-0.25, -0.2) is 4.79 Å². The molecule has 2 unspecified atom stereocenters. The molecule has 2 fully saturated rings. The average Bonchev–Trinajstić information content (AvgIpc) is 2.66. The fourth-order valence-corrected chi connectivity index (χ4v) is 1.75. The minimum atomic E-state index is -5.08. The average molecular weight is 255 g/mol. The van der Waals surface area contributed by atoms with Crippen LogP contribution >= 0.6 is 0 Å². The van der Waals surface area contributed by atoms with E-state index in [0.29, 0.717) is 12.5 Å². The third-order valence-electron chi connectivity index (χ3n) is 2.58. The number of rotatable bonds is 0. The van der Waals surface area contributed by atoms with Gasteiger partial charge in [-0.15, -0.1) is 0 Å². The fraction of sp³-hybridized carbons (Fsp3) is 0.778. The predicted octanol–water partition coefficient (Wildman–Crippen LogP) is 0.545. The van der Waals surface area contributed by atoms with Gasteiger partial charge in [-0.1, -0.05) is 0 Å². The second-order valence-corrected chi connectivity index (χ2v) is 3.74. The third-order valence-corrected chi connectivity index (χ3v) is 2.58. The van der Waals surface area contributed by atoms with Crippen LogP contribution in [0.2, 0.25) is 0 Å². The van der Waals surface area contributed by atoms with Crippen LogP contribution in [0.25, 0.3) is 0 Å². The number of nitrogens with one attached hydrogen (secondary N) is 1. The Kier molecular flexibility index (Phi) is 4.33. The molecule has 0 aromatic rings. The number of alkyl halides is 3. The van der Waals surface area contributed by atoms with Gasteiger partial charge in [-0.2, -0.15) is 13.2 Å². The number of hydrogen-bond acceptors (Lipinski definition) is 4. The molecule has 2 N–H and O–H groups in total. The molecule has 98 valence electrons. The number of carbonyl (C=O) groups is 2. The van der Waals surface area contributed by atoms with E-state index in [1.54, 1.807) is 0 Å². The Morgan fingerprint density at radius 1 is 1.41 bits per heavy atom. The van der Waals surface area contributed by atoms with Gasteiger partial charge >= 0.3 is 18.1 Å². The highest BCUT2D eigenvalue weighted by molar-refractivity contribution is 5.77. The number of carboxylic acid groups (broad SMARTS) is 1. The smallest absolute Gasteiger partial charge is 0.475 e. The van der Waals surface area contributed by atoms with Crippen LogP contribution < -0.4 is 5.32 Å². The van der Waals surface area contributed by atoms with Crippen molar-refractivity contribution in [3.8, 4) is 0 Å². The summed E-state index contributed by atoms with van der Waals surface area (Å²) >= 11 is 0. The van der Waals surface area contributed by atoms with E-state index in [1.165, 1.54) is 0 Å². The van der Waals surface area contributed by atoms with Crippen LogP contribution in [0, 0.1) is 5.92 Å². The van der Waals surface area contributed by atoms with Crippen molar-refractivity contribution in [3.05, 3.63) is 0 Å². The fourth-order valence-electron chi connectivity index (χ4n) is 1.75. The first-order valence-electron chi connectivity index (χ1n) is 5.02. The van der Waals surface area contributed by atoms with Crippen molar-refractivity contribution >= 4 is 11.9 Å². The van der Waals surface area contributed by atoms with E-state index in [9.17, 15) is 18.0 Å². The quantitative estimate of drug-likeness (QED) is 0.618. The standard InChI is InChI=1S/C7H11NO2.C2HF3O2/c9-7-6-5(1-3-8-6)2-4-10-7;3-2(4,5)1(6)7/h5-6,8H,1-4H2;(H,6,7). The Hall–Kier alpha value is -1.31. The molecular formula is C9H12F3NO4. The topological polar surface area (TPSA) is 75.6 Å². The minimum Gasteiger partial charge on any atom is -0.475 e. The SMILES string of the molecule is O=C(O)C(F)(F)F.O=C1OCCC2CCNC12. The van der Waals surface area contributed by atoms with Crippen LogP contribution in [0.3, 0.4) is 0 Å². The van der Waals surface area contributed by atoms with E-state index in [4.69, 9.17) is 14.6 Å². The molecule has 0 bridgehead atoms. The summed E-state index contributed by atoms with van der Waals surface area (Å²) in [6, 6.07) is 0.0220. The molecule has 5 nitrogen and oxygen atoms in total. The Morgan fingerprint density at radius 3 is 2.47 bits per heavy atom. The highest BCUT2D eigenvalue weighted by Crippen LogP contribution is 2.23. The second-order valence-electron chi connectivity index (χ2n) is 3.74. The molecule has 2 aliphatic heterocycles. The molecule has 0 saturated carbocycles. The second kappa shape index (κ2) is 5.35. The molecule has 2 heterocycles. The Morgan fingerprint density at radius 2 is 2.00 bits per heavy atom. The van der Waals surface area contributed by atoms with Crippen molar-refractivity contribution in [3.63, 3.8) is 0 Å². The number of esters is 1. The number of fused-ring (bicyclic) bond motifs is 1. The normalized spacial score (nSPS) is 27.6. The van der Waals surface area contributed by atoms with Crippen molar-refractivity contribution < 1.29 is 32.6 Å². The lowest BCUT2D eigenvalue weighted by molar-refractivity contribution is -0.192. The molecule has 0 radical (unpaired) electrons. The lowest BCUT2D eigenvalue weighted by atomic mass is 9.96. The molecule has 0 spiro atoms. The van der Waals surface area contributed by atoms with Crippen molar-refractivity contribution in [1.29, 1.82) is 0 Å². The van der Waals surface area contributed by atoms with E-state index < -0.39 is 12.1 Å². The van der Waals surface area contributed by atoms with Crippen molar-refractivity contribution in [2.24, 2.45) is 5.92 Å². The summed E-state index contributed by atoms with van der Waals surface area (Å²) < 4.78 is 36.6. The van der Waals surface area contributed by atoms with E-state index in [1.807, 2.05) is 0 Å². The summed E-state index contributed by atoms with van der Waals surface area (Å²) in [6.07, 6.45) is -2.90. The summed E-state index contributed by atoms with van der Waals surface area (Å²) in [7, 11) is 0. The summed E-state index contributed by atoms with van der Waals surface area (Å²) in [6.45, 7) is 1.60. The minimum absolute atomic E-state index is 0.0220. The van der Waals surface area contributed by atoms with Gasteiger partial charge in [0.1, 0.15) is 6.04 Å². The molecule has 2 rings (SSSR count). The Balaban J connectivity index is 0.000000185. The van der Waals surface area contributed by atoms with Crippen LogP contribution in [0.5, 0.6) is 0 Å². The lowest BCUT2D eigenvalue weighted by Gasteiger charge is -2.23. The van der Waals surface area contributed by atoms with E-state index in [-0.39, 0.29) is 12.0 Å². The van der Waals surface area contributed by atoms with Crippen LogP contribution in [-0.4, -0.2) is 42.4 Å². The third kappa shape index (κ3) is 3.88. The molecule has 0 aromatic heterocycles. The number of aliphatic carboxylic acids is 1. The summed E-state index contributed by atoms with van der Waals surface area (Å²) in [4.78, 5) is 19.9. The molecule has 2 saturated heterocycles. The van der Waals surface area contributed by atoms with Crippen LogP contribution in [0.1, 0.15) is 12.8 Å². The van der Waals surface area contributed by atoms with Crippen LogP contribution in [0.15, 0.2) is 0 Å². The molecule has 0 aliphatic carbocycles. The van der Waals surface area contributed by atoms with E-state index in [2.05, 4.69) is 5.32 Å². The monoisotopic (exact) mass is 255 g/mol. The molecular weight excluding hydrogens is 243 g/mol. The van der Waals surface area contributed by atoms with Gasteiger partial charge in [0.05, 0.1) is 6.61 Å².